The van der Waals surface area contributed by atoms with E-state index in [4.69, 9.17) is 16.1 Å². The second kappa shape index (κ2) is 7.91. The lowest BCUT2D eigenvalue weighted by Gasteiger charge is -1.98. The molecule has 0 aromatic heterocycles. The van der Waals surface area contributed by atoms with Crippen LogP contribution >= 0.6 is 0 Å². The normalized spacial score (nSPS) is 10.8. The summed E-state index contributed by atoms with van der Waals surface area (Å²) in [5.41, 5.74) is 1.11. The molecule has 5 heteroatoms. The van der Waals surface area contributed by atoms with Crippen molar-refractivity contribution in [2.45, 2.75) is 13.3 Å². The van der Waals surface area contributed by atoms with Crippen molar-refractivity contribution < 1.29 is 15.0 Å². The molecule has 0 amide bonds. The van der Waals surface area contributed by atoms with E-state index in [1.807, 2.05) is 30.3 Å². The Hall–Kier alpha value is -2.40. The standard InChI is InChI=1S/C11H8O2.C4H10N2O/c12-11(13)10-6-5-8-3-1-2-4-9(8)7-10;1-4(6-5)2-3-7/h1-7H,(H,12,13);7H,2-3,5H2,1H3. The molecular formula is C15H18N2O3. The Labute approximate surface area is 117 Å². The van der Waals surface area contributed by atoms with E-state index in [1.165, 1.54) is 0 Å². The third-order valence-corrected chi connectivity index (χ3v) is 2.69. The minimum absolute atomic E-state index is 0.131. The highest BCUT2D eigenvalue weighted by atomic mass is 16.4. The summed E-state index contributed by atoms with van der Waals surface area (Å²) in [6.07, 6.45) is 0.580. The third kappa shape index (κ3) is 4.70. The van der Waals surface area contributed by atoms with Crippen molar-refractivity contribution >= 4 is 22.5 Å². The first kappa shape index (κ1) is 15.7. The molecule has 0 saturated carbocycles. The molecule has 2 aromatic carbocycles. The maximum Gasteiger partial charge on any atom is 0.335 e. The van der Waals surface area contributed by atoms with Gasteiger partial charge in [-0.3, -0.25) is 0 Å². The van der Waals surface area contributed by atoms with Gasteiger partial charge in [0, 0.05) is 18.7 Å². The number of nitrogens with zero attached hydrogens (tertiary/aromatic N) is 1. The SMILES string of the molecule is CC(CCO)=NN.O=C(O)c1ccc2ccccc2c1. The molecule has 0 spiro atoms. The first-order chi connectivity index (χ1) is 9.58. The van der Waals surface area contributed by atoms with E-state index in [0.717, 1.165) is 16.5 Å². The van der Waals surface area contributed by atoms with Gasteiger partial charge in [0.1, 0.15) is 0 Å². The summed E-state index contributed by atoms with van der Waals surface area (Å²) < 4.78 is 0. The molecule has 4 N–H and O–H groups in total. The molecule has 0 radical (unpaired) electrons. The van der Waals surface area contributed by atoms with E-state index in [1.54, 1.807) is 19.1 Å². The number of aromatic carboxylic acids is 1. The van der Waals surface area contributed by atoms with Gasteiger partial charge in [-0.2, -0.15) is 5.10 Å². The van der Waals surface area contributed by atoms with E-state index in [0.29, 0.717) is 12.0 Å². The van der Waals surface area contributed by atoms with Crippen LogP contribution in [0.2, 0.25) is 0 Å². The Morgan fingerprint density at radius 3 is 2.35 bits per heavy atom. The maximum absolute atomic E-state index is 10.6. The molecule has 2 rings (SSSR count). The number of hydrogen-bond donors (Lipinski definition) is 3. The first-order valence-corrected chi connectivity index (χ1v) is 6.14. The van der Waals surface area contributed by atoms with Crippen molar-refractivity contribution in [1.29, 1.82) is 0 Å². The van der Waals surface area contributed by atoms with Gasteiger partial charge in [-0.25, -0.2) is 4.79 Å². The fourth-order valence-corrected chi connectivity index (χ4v) is 1.55. The summed E-state index contributed by atoms with van der Waals surface area (Å²) in [5, 5.41) is 22.3. The van der Waals surface area contributed by atoms with Gasteiger partial charge in [-0.15, -0.1) is 0 Å². The molecule has 0 heterocycles. The van der Waals surface area contributed by atoms with Crippen LogP contribution in [0.1, 0.15) is 23.7 Å². The minimum Gasteiger partial charge on any atom is -0.478 e. The zero-order valence-electron chi connectivity index (χ0n) is 11.3. The van der Waals surface area contributed by atoms with Crippen molar-refractivity contribution in [2.75, 3.05) is 6.61 Å². The van der Waals surface area contributed by atoms with Gasteiger partial charge in [0.2, 0.25) is 0 Å². The Morgan fingerprint density at radius 1 is 1.20 bits per heavy atom. The first-order valence-electron chi connectivity index (χ1n) is 6.14. The summed E-state index contributed by atoms with van der Waals surface area (Å²) in [6, 6.07) is 12.8. The van der Waals surface area contributed by atoms with Crippen LogP contribution in [0, 0.1) is 0 Å². The number of hydrogen-bond acceptors (Lipinski definition) is 4. The van der Waals surface area contributed by atoms with E-state index in [2.05, 4.69) is 5.10 Å². The summed E-state index contributed by atoms with van der Waals surface area (Å²) >= 11 is 0. The number of aliphatic hydroxyl groups excluding tert-OH is 1. The molecule has 106 valence electrons. The van der Waals surface area contributed by atoms with E-state index in [-0.39, 0.29) is 6.61 Å². The monoisotopic (exact) mass is 274 g/mol. The molecular weight excluding hydrogens is 256 g/mol. The van der Waals surface area contributed by atoms with Crippen molar-refractivity contribution in [1.82, 2.24) is 0 Å². The van der Waals surface area contributed by atoms with Gasteiger partial charge in [0.05, 0.1) is 5.56 Å². The molecule has 0 aliphatic heterocycles. The fraction of sp³-hybridized carbons (Fsp3) is 0.200. The summed E-state index contributed by atoms with van der Waals surface area (Å²) in [4.78, 5) is 10.6. The summed E-state index contributed by atoms with van der Waals surface area (Å²) in [5.74, 6) is 3.95. The zero-order valence-corrected chi connectivity index (χ0v) is 11.3. The number of hydrazone groups is 1. The second-order valence-corrected chi connectivity index (χ2v) is 4.21. The molecule has 5 nitrogen and oxygen atoms in total. The predicted octanol–water partition coefficient (Wildman–Crippen LogP) is 2.24. The summed E-state index contributed by atoms with van der Waals surface area (Å²) in [6.45, 7) is 1.91. The van der Waals surface area contributed by atoms with Crippen molar-refractivity contribution in [3.05, 3.63) is 48.0 Å². The van der Waals surface area contributed by atoms with Crippen LogP contribution in [-0.4, -0.2) is 28.5 Å². The van der Waals surface area contributed by atoms with Crippen molar-refractivity contribution in [2.24, 2.45) is 10.9 Å². The van der Waals surface area contributed by atoms with Gasteiger partial charge in [-0.05, 0) is 29.8 Å². The van der Waals surface area contributed by atoms with Gasteiger partial charge in [0.15, 0.2) is 0 Å². The fourth-order valence-electron chi connectivity index (χ4n) is 1.55. The topological polar surface area (TPSA) is 95.9 Å². The van der Waals surface area contributed by atoms with Crippen LogP contribution in [0.4, 0.5) is 0 Å². The summed E-state index contributed by atoms with van der Waals surface area (Å²) in [7, 11) is 0. The largest absolute Gasteiger partial charge is 0.478 e. The van der Waals surface area contributed by atoms with Crippen LogP contribution in [0.3, 0.4) is 0 Å². The average molecular weight is 274 g/mol. The predicted molar refractivity (Wildman–Crippen MR) is 79.9 cm³/mol. The smallest absolute Gasteiger partial charge is 0.335 e. The van der Waals surface area contributed by atoms with Gasteiger partial charge >= 0.3 is 5.97 Å². The Morgan fingerprint density at radius 2 is 1.85 bits per heavy atom. The molecule has 0 atom stereocenters. The van der Waals surface area contributed by atoms with Gasteiger partial charge in [-0.1, -0.05) is 30.3 Å². The third-order valence-electron chi connectivity index (χ3n) is 2.69. The lowest BCUT2D eigenvalue weighted by Crippen LogP contribution is -1.98. The average Bonchev–Trinajstić information content (AvgIpc) is 2.47. The molecule has 0 fully saturated rings. The molecule has 0 aliphatic carbocycles. The van der Waals surface area contributed by atoms with E-state index < -0.39 is 5.97 Å². The van der Waals surface area contributed by atoms with Crippen LogP contribution in [0.5, 0.6) is 0 Å². The Balaban J connectivity index is 0.000000246. The highest BCUT2D eigenvalue weighted by molar-refractivity contribution is 5.94. The number of carbonyl (C=O) groups is 1. The van der Waals surface area contributed by atoms with Crippen molar-refractivity contribution in [3.63, 3.8) is 0 Å². The van der Waals surface area contributed by atoms with Gasteiger partial charge < -0.3 is 16.1 Å². The van der Waals surface area contributed by atoms with Crippen LogP contribution < -0.4 is 5.84 Å². The number of carboxylic acid groups (broad SMARTS) is 1. The number of benzene rings is 2. The number of nitrogens with two attached hydrogens (primary N) is 1. The molecule has 0 unspecified atom stereocenters. The highest BCUT2D eigenvalue weighted by Gasteiger charge is 2.01. The quantitative estimate of drug-likeness (QED) is 0.454. The lowest BCUT2D eigenvalue weighted by atomic mass is 10.1. The molecule has 0 saturated heterocycles. The van der Waals surface area contributed by atoms with E-state index in [9.17, 15) is 4.79 Å². The zero-order chi connectivity index (χ0) is 15.0. The number of carboxylic acids is 1. The second-order valence-electron chi connectivity index (χ2n) is 4.21. The van der Waals surface area contributed by atoms with Gasteiger partial charge in [0.25, 0.3) is 0 Å². The Bertz CT molecular complexity index is 609. The number of rotatable bonds is 3. The lowest BCUT2D eigenvalue weighted by molar-refractivity contribution is 0.0697. The van der Waals surface area contributed by atoms with Crippen molar-refractivity contribution in [3.8, 4) is 0 Å². The number of aliphatic hydroxyl groups is 1. The molecule has 2 aromatic rings. The van der Waals surface area contributed by atoms with Crippen LogP contribution in [-0.2, 0) is 0 Å². The number of fused-ring (bicyclic) bond motifs is 1. The minimum atomic E-state index is -0.884. The van der Waals surface area contributed by atoms with Crippen LogP contribution in [0.25, 0.3) is 10.8 Å². The maximum atomic E-state index is 10.6. The Kier molecular flexibility index (Phi) is 6.19. The molecule has 0 bridgehead atoms. The van der Waals surface area contributed by atoms with Crippen LogP contribution in [0.15, 0.2) is 47.6 Å². The van der Waals surface area contributed by atoms with E-state index >= 15 is 0 Å². The molecule has 20 heavy (non-hydrogen) atoms. The highest BCUT2D eigenvalue weighted by Crippen LogP contribution is 2.15. The molecule has 0 aliphatic rings.